The summed E-state index contributed by atoms with van der Waals surface area (Å²) in [5.41, 5.74) is 1.14. The third-order valence-corrected chi connectivity index (χ3v) is 2.20. The van der Waals surface area contributed by atoms with Gasteiger partial charge < -0.3 is 10.6 Å². The van der Waals surface area contributed by atoms with Crippen LogP contribution in [0.25, 0.3) is 0 Å². The van der Waals surface area contributed by atoms with Crippen molar-refractivity contribution in [3.8, 4) is 0 Å². The Morgan fingerprint density at radius 1 is 1.33 bits per heavy atom. The summed E-state index contributed by atoms with van der Waals surface area (Å²) in [6, 6.07) is 3.62. The highest BCUT2D eigenvalue weighted by molar-refractivity contribution is 5.92. The topological polar surface area (TPSA) is 54.0 Å². The van der Waals surface area contributed by atoms with Gasteiger partial charge >= 0.3 is 0 Å². The van der Waals surface area contributed by atoms with E-state index >= 15 is 0 Å². The maximum Gasteiger partial charge on any atom is 0.270 e. The molecule has 0 radical (unpaired) electrons. The maximum atomic E-state index is 11.8. The van der Waals surface area contributed by atoms with Gasteiger partial charge in [-0.05, 0) is 38.8 Å². The molecule has 0 saturated carbocycles. The molecule has 100 valence electrons. The molecule has 0 bridgehead atoms. The summed E-state index contributed by atoms with van der Waals surface area (Å²) in [4.78, 5) is 16.0. The molecule has 1 aromatic rings. The molecule has 0 spiro atoms. The Bertz CT molecular complexity index is 390. The van der Waals surface area contributed by atoms with Gasteiger partial charge in [-0.1, -0.05) is 13.8 Å². The molecule has 18 heavy (non-hydrogen) atoms. The second-order valence-electron chi connectivity index (χ2n) is 5.91. The molecule has 0 atom stereocenters. The number of nitrogens with zero attached hydrogens (tertiary/aromatic N) is 1. The van der Waals surface area contributed by atoms with Gasteiger partial charge in [-0.2, -0.15) is 0 Å². The molecular weight excluding hydrogens is 226 g/mol. The molecule has 2 N–H and O–H groups in total. The predicted molar refractivity (Wildman–Crippen MR) is 74.8 cm³/mol. The highest BCUT2D eigenvalue weighted by Crippen LogP contribution is 2.08. The highest BCUT2D eigenvalue weighted by Gasteiger charge is 2.15. The Morgan fingerprint density at radius 2 is 2.00 bits per heavy atom. The normalized spacial score (nSPS) is 11.4. The number of rotatable bonds is 4. The Balaban J connectivity index is 2.62. The zero-order valence-corrected chi connectivity index (χ0v) is 11.9. The van der Waals surface area contributed by atoms with Gasteiger partial charge in [0.25, 0.3) is 5.91 Å². The first-order valence-corrected chi connectivity index (χ1v) is 6.30. The van der Waals surface area contributed by atoms with Crippen LogP contribution in [0.1, 0.15) is 45.1 Å². The number of anilines is 1. The molecule has 0 aliphatic rings. The van der Waals surface area contributed by atoms with Crippen LogP contribution in [0.3, 0.4) is 0 Å². The lowest BCUT2D eigenvalue weighted by Gasteiger charge is -2.20. The van der Waals surface area contributed by atoms with Crippen LogP contribution in [0, 0.1) is 5.92 Å². The smallest absolute Gasteiger partial charge is 0.270 e. The Labute approximate surface area is 109 Å². The fourth-order valence-electron chi connectivity index (χ4n) is 1.36. The molecule has 4 nitrogen and oxygen atoms in total. The van der Waals surface area contributed by atoms with Gasteiger partial charge in [-0.3, -0.25) is 4.79 Å². The number of amides is 1. The van der Waals surface area contributed by atoms with Crippen molar-refractivity contribution >= 4 is 11.6 Å². The first-order valence-electron chi connectivity index (χ1n) is 6.30. The minimum Gasteiger partial charge on any atom is -0.384 e. The van der Waals surface area contributed by atoms with Gasteiger partial charge in [0.2, 0.25) is 0 Å². The van der Waals surface area contributed by atoms with E-state index in [-0.39, 0.29) is 11.4 Å². The molecule has 1 rings (SSSR count). The van der Waals surface area contributed by atoms with Gasteiger partial charge in [0.1, 0.15) is 5.69 Å². The Kier molecular flexibility index (Phi) is 4.70. The van der Waals surface area contributed by atoms with Gasteiger partial charge in [-0.15, -0.1) is 0 Å². The molecule has 0 saturated heterocycles. The first kappa shape index (κ1) is 14.5. The lowest BCUT2D eigenvalue weighted by molar-refractivity contribution is 0.0914. The van der Waals surface area contributed by atoms with Crippen molar-refractivity contribution in [2.45, 2.75) is 40.2 Å². The number of carbonyl (C=O) groups is 1. The van der Waals surface area contributed by atoms with Crippen molar-refractivity contribution in [3.63, 3.8) is 0 Å². The van der Waals surface area contributed by atoms with E-state index < -0.39 is 0 Å². The number of pyridine rings is 1. The second kappa shape index (κ2) is 5.85. The van der Waals surface area contributed by atoms with Gasteiger partial charge in [0, 0.05) is 12.1 Å². The van der Waals surface area contributed by atoms with Crippen LogP contribution in [0.5, 0.6) is 0 Å². The number of hydrogen-bond acceptors (Lipinski definition) is 3. The van der Waals surface area contributed by atoms with E-state index in [1.165, 1.54) is 0 Å². The number of hydrogen-bond donors (Lipinski definition) is 2. The van der Waals surface area contributed by atoms with Crippen LogP contribution in [-0.2, 0) is 0 Å². The van der Waals surface area contributed by atoms with E-state index in [2.05, 4.69) is 29.5 Å². The molecule has 0 aliphatic heterocycles. The van der Waals surface area contributed by atoms with Crippen LogP contribution in [-0.4, -0.2) is 23.0 Å². The van der Waals surface area contributed by atoms with E-state index in [0.29, 0.717) is 11.6 Å². The fraction of sp³-hybridized carbons (Fsp3) is 0.571. The van der Waals surface area contributed by atoms with Crippen LogP contribution in [0.4, 0.5) is 5.69 Å². The Morgan fingerprint density at radius 3 is 2.44 bits per heavy atom. The van der Waals surface area contributed by atoms with E-state index in [1.54, 1.807) is 12.3 Å². The molecule has 0 fully saturated rings. The Hall–Kier alpha value is -1.58. The monoisotopic (exact) mass is 249 g/mol. The molecule has 1 amide bonds. The maximum absolute atomic E-state index is 11.8. The van der Waals surface area contributed by atoms with Crippen LogP contribution in [0.2, 0.25) is 0 Å². The largest absolute Gasteiger partial charge is 0.384 e. The van der Waals surface area contributed by atoms with Crippen LogP contribution in [0.15, 0.2) is 18.3 Å². The molecule has 0 unspecified atom stereocenters. The van der Waals surface area contributed by atoms with Crippen molar-refractivity contribution in [2.24, 2.45) is 5.92 Å². The van der Waals surface area contributed by atoms with Crippen molar-refractivity contribution in [1.82, 2.24) is 10.3 Å². The average molecular weight is 249 g/mol. The highest BCUT2D eigenvalue weighted by atomic mass is 16.2. The fourth-order valence-corrected chi connectivity index (χ4v) is 1.36. The average Bonchev–Trinajstić information content (AvgIpc) is 2.24. The van der Waals surface area contributed by atoms with Crippen LogP contribution >= 0.6 is 0 Å². The SMILES string of the molecule is CC(C)CNc1ccc(C(=O)NC(C)(C)C)nc1. The van der Waals surface area contributed by atoms with Gasteiger partial charge in [0.05, 0.1) is 11.9 Å². The van der Waals surface area contributed by atoms with E-state index in [0.717, 1.165) is 12.2 Å². The summed E-state index contributed by atoms with van der Waals surface area (Å²) in [7, 11) is 0. The summed E-state index contributed by atoms with van der Waals surface area (Å²) in [5, 5.41) is 6.15. The molecule has 1 heterocycles. The molecule has 1 aromatic heterocycles. The summed E-state index contributed by atoms with van der Waals surface area (Å²) in [5.74, 6) is 0.437. The van der Waals surface area contributed by atoms with Crippen molar-refractivity contribution < 1.29 is 4.79 Å². The molecular formula is C14H23N3O. The molecule has 0 aromatic carbocycles. The summed E-state index contributed by atoms with van der Waals surface area (Å²) in [6.07, 6.45) is 1.69. The second-order valence-corrected chi connectivity index (χ2v) is 5.91. The quantitative estimate of drug-likeness (QED) is 0.862. The van der Waals surface area contributed by atoms with E-state index in [4.69, 9.17) is 0 Å². The van der Waals surface area contributed by atoms with Crippen LogP contribution < -0.4 is 10.6 Å². The van der Waals surface area contributed by atoms with E-state index in [1.807, 2.05) is 26.8 Å². The minimum atomic E-state index is -0.243. The zero-order valence-electron chi connectivity index (χ0n) is 11.9. The minimum absolute atomic E-state index is 0.141. The van der Waals surface area contributed by atoms with Gasteiger partial charge in [0.15, 0.2) is 0 Å². The summed E-state index contributed by atoms with van der Waals surface area (Å²) in [6.45, 7) is 11.0. The summed E-state index contributed by atoms with van der Waals surface area (Å²) >= 11 is 0. The number of nitrogens with one attached hydrogen (secondary N) is 2. The molecule has 4 heteroatoms. The van der Waals surface area contributed by atoms with Gasteiger partial charge in [-0.25, -0.2) is 4.98 Å². The molecule has 0 aliphatic carbocycles. The first-order chi connectivity index (χ1) is 8.28. The predicted octanol–water partition coefficient (Wildman–Crippen LogP) is 2.68. The number of aromatic nitrogens is 1. The lowest BCUT2D eigenvalue weighted by Crippen LogP contribution is -2.40. The zero-order chi connectivity index (χ0) is 13.8. The lowest BCUT2D eigenvalue weighted by atomic mass is 10.1. The van der Waals surface area contributed by atoms with E-state index in [9.17, 15) is 4.79 Å². The standard InChI is InChI=1S/C14H23N3O/c1-10(2)8-15-11-6-7-12(16-9-11)13(18)17-14(3,4)5/h6-7,9-10,15H,8H2,1-5H3,(H,17,18). The van der Waals surface area contributed by atoms with Crippen molar-refractivity contribution in [2.75, 3.05) is 11.9 Å². The summed E-state index contributed by atoms with van der Waals surface area (Å²) < 4.78 is 0. The van der Waals surface area contributed by atoms with Crippen molar-refractivity contribution in [3.05, 3.63) is 24.0 Å². The third-order valence-electron chi connectivity index (χ3n) is 2.20. The third kappa shape index (κ3) is 5.17. The number of carbonyl (C=O) groups excluding carboxylic acids is 1. The van der Waals surface area contributed by atoms with Crippen molar-refractivity contribution in [1.29, 1.82) is 0 Å².